The quantitative estimate of drug-likeness (QED) is 0.838. The molecule has 0 unspecified atom stereocenters. The summed E-state index contributed by atoms with van der Waals surface area (Å²) in [4.78, 5) is 4.98. The molecule has 3 rings (SSSR count). The standard InChI is InChI=1S/C20H28N2/c1-13(2)11-17-9-7-15-5-6-16-8-10-18(12-14(3)4)22-20(16)19(15)21-17/h5-7,9,13-14,18,22H,8,10-12H2,1-4H3/t18-/m0/s1. The lowest BCUT2D eigenvalue weighted by molar-refractivity contribution is 0.488. The van der Waals surface area contributed by atoms with Crippen LogP contribution in [0, 0.1) is 11.8 Å². The van der Waals surface area contributed by atoms with E-state index in [-0.39, 0.29) is 0 Å². The van der Waals surface area contributed by atoms with E-state index >= 15 is 0 Å². The van der Waals surface area contributed by atoms with Crippen LogP contribution in [0.3, 0.4) is 0 Å². The van der Waals surface area contributed by atoms with Crippen LogP contribution in [0.4, 0.5) is 5.69 Å². The Morgan fingerprint density at radius 3 is 2.59 bits per heavy atom. The van der Waals surface area contributed by atoms with Crippen molar-refractivity contribution in [3.05, 3.63) is 35.5 Å². The smallest absolute Gasteiger partial charge is 0.0939 e. The van der Waals surface area contributed by atoms with Crippen molar-refractivity contribution in [1.82, 2.24) is 4.98 Å². The number of benzene rings is 1. The van der Waals surface area contributed by atoms with Gasteiger partial charge in [-0.05, 0) is 49.1 Å². The predicted molar refractivity (Wildman–Crippen MR) is 95.5 cm³/mol. The third-order valence-electron chi connectivity index (χ3n) is 4.49. The minimum absolute atomic E-state index is 0.591. The number of nitrogens with one attached hydrogen (secondary N) is 1. The molecular formula is C20H28N2. The topological polar surface area (TPSA) is 24.9 Å². The van der Waals surface area contributed by atoms with E-state index in [1.54, 1.807) is 0 Å². The van der Waals surface area contributed by atoms with Crippen molar-refractivity contribution in [2.24, 2.45) is 11.8 Å². The molecule has 2 aromatic rings. The molecule has 1 aromatic carbocycles. The molecule has 0 spiro atoms. The zero-order valence-corrected chi connectivity index (χ0v) is 14.3. The van der Waals surface area contributed by atoms with E-state index in [2.05, 4.69) is 57.3 Å². The number of fused-ring (bicyclic) bond motifs is 3. The van der Waals surface area contributed by atoms with Gasteiger partial charge in [-0.2, -0.15) is 0 Å². The molecule has 0 radical (unpaired) electrons. The van der Waals surface area contributed by atoms with Crippen molar-refractivity contribution >= 4 is 16.6 Å². The van der Waals surface area contributed by atoms with Crippen LogP contribution in [0.25, 0.3) is 10.9 Å². The highest BCUT2D eigenvalue weighted by atomic mass is 15.0. The third kappa shape index (κ3) is 3.26. The number of rotatable bonds is 4. The number of aromatic nitrogens is 1. The normalized spacial score (nSPS) is 17.8. The van der Waals surface area contributed by atoms with Gasteiger partial charge in [0.1, 0.15) is 0 Å². The molecule has 2 heteroatoms. The second-order valence-corrected chi connectivity index (χ2v) is 7.58. The van der Waals surface area contributed by atoms with Crippen LogP contribution in [0.5, 0.6) is 0 Å². The zero-order chi connectivity index (χ0) is 15.7. The van der Waals surface area contributed by atoms with Crippen LogP contribution in [0.1, 0.15) is 51.8 Å². The van der Waals surface area contributed by atoms with Gasteiger partial charge in [0, 0.05) is 17.1 Å². The number of hydrogen-bond donors (Lipinski definition) is 1. The van der Waals surface area contributed by atoms with Crippen LogP contribution in [0.15, 0.2) is 24.3 Å². The monoisotopic (exact) mass is 296 g/mol. The molecule has 1 aliphatic heterocycles. The van der Waals surface area contributed by atoms with Crippen molar-refractivity contribution in [1.29, 1.82) is 0 Å². The molecule has 2 nitrogen and oxygen atoms in total. The molecule has 0 saturated carbocycles. The van der Waals surface area contributed by atoms with Gasteiger partial charge >= 0.3 is 0 Å². The van der Waals surface area contributed by atoms with Gasteiger partial charge in [-0.1, -0.05) is 45.9 Å². The summed E-state index contributed by atoms with van der Waals surface area (Å²) in [7, 11) is 0. The molecule has 2 heterocycles. The summed E-state index contributed by atoms with van der Waals surface area (Å²) in [6, 6.07) is 9.51. The highest BCUT2D eigenvalue weighted by molar-refractivity contribution is 5.92. The van der Waals surface area contributed by atoms with Gasteiger partial charge in [0.15, 0.2) is 0 Å². The lowest BCUT2D eigenvalue weighted by Crippen LogP contribution is -2.27. The van der Waals surface area contributed by atoms with E-state index in [9.17, 15) is 0 Å². The van der Waals surface area contributed by atoms with Crippen molar-refractivity contribution in [3.63, 3.8) is 0 Å². The Bertz CT molecular complexity index is 658. The Labute approximate surface area is 134 Å². The van der Waals surface area contributed by atoms with Gasteiger partial charge in [0.05, 0.1) is 11.2 Å². The van der Waals surface area contributed by atoms with Gasteiger partial charge in [0.2, 0.25) is 0 Å². The maximum absolute atomic E-state index is 4.98. The van der Waals surface area contributed by atoms with Gasteiger partial charge in [0.25, 0.3) is 0 Å². The van der Waals surface area contributed by atoms with Crippen molar-refractivity contribution in [2.45, 2.75) is 59.4 Å². The molecule has 0 saturated heterocycles. The largest absolute Gasteiger partial charge is 0.380 e. The van der Waals surface area contributed by atoms with Crippen LogP contribution >= 0.6 is 0 Å². The molecular weight excluding hydrogens is 268 g/mol. The fraction of sp³-hybridized carbons (Fsp3) is 0.550. The first-order chi connectivity index (χ1) is 10.5. The summed E-state index contributed by atoms with van der Waals surface area (Å²) in [5.41, 5.74) is 5.11. The molecule has 118 valence electrons. The Morgan fingerprint density at radius 2 is 1.86 bits per heavy atom. The van der Waals surface area contributed by atoms with E-state index in [4.69, 9.17) is 4.98 Å². The average molecular weight is 296 g/mol. The number of nitrogens with zero attached hydrogens (tertiary/aromatic N) is 1. The lowest BCUT2D eigenvalue weighted by Gasteiger charge is -2.29. The van der Waals surface area contributed by atoms with Gasteiger partial charge in [-0.15, -0.1) is 0 Å². The number of pyridine rings is 1. The Kier molecular flexibility index (Phi) is 4.37. The van der Waals surface area contributed by atoms with Gasteiger partial charge in [-0.25, -0.2) is 0 Å². The van der Waals surface area contributed by atoms with E-state index in [0.29, 0.717) is 12.0 Å². The van der Waals surface area contributed by atoms with E-state index in [0.717, 1.165) is 12.3 Å². The molecule has 22 heavy (non-hydrogen) atoms. The lowest BCUT2D eigenvalue weighted by atomic mass is 9.91. The van der Waals surface area contributed by atoms with E-state index in [1.807, 2.05) is 0 Å². The summed E-state index contributed by atoms with van der Waals surface area (Å²) in [6.07, 6.45) is 4.70. The molecule has 0 aliphatic carbocycles. The molecule has 1 atom stereocenters. The molecule has 1 N–H and O–H groups in total. The highest BCUT2D eigenvalue weighted by Gasteiger charge is 2.21. The molecule has 0 amide bonds. The highest BCUT2D eigenvalue weighted by Crippen LogP contribution is 2.33. The summed E-state index contributed by atoms with van der Waals surface area (Å²) < 4.78 is 0. The molecule has 0 bridgehead atoms. The van der Waals surface area contributed by atoms with Crippen molar-refractivity contribution in [3.8, 4) is 0 Å². The summed E-state index contributed by atoms with van der Waals surface area (Å²) in [5, 5.41) is 5.04. The first-order valence-electron chi connectivity index (χ1n) is 8.71. The summed E-state index contributed by atoms with van der Waals surface area (Å²) in [5.74, 6) is 1.38. The minimum Gasteiger partial charge on any atom is -0.380 e. The zero-order valence-electron chi connectivity index (χ0n) is 14.3. The first kappa shape index (κ1) is 15.3. The third-order valence-corrected chi connectivity index (χ3v) is 4.49. The number of aryl methyl sites for hydroxylation is 1. The summed E-state index contributed by atoms with van der Waals surface area (Å²) in [6.45, 7) is 9.12. The summed E-state index contributed by atoms with van der Waals surface area (Å²) >= 11 is 0. The maximum atomic E-state index is 4.98. The van der Waals surface area contributed by atoms with Crippen LogP contribution in [0.2, 0.25) is 0 Å². The Balaban J connectivity index is 1.98. The average Bonchev–Trinajstić information content (AvgIpc) is 2.46. The van der Waals surface area contributed by atoms with Crippen molar-refractivity contribution < 1.29 is 0 Å². The Hall–Kier alpha value is -1.57. The SMILES string of the molecule is CC(C)Cc1ccc2ccc3c(c2n1)N[C@H](CC(C)C)CC3. The van der Waals surface area contributed by atoms with Gasteiger partial charge < -0.3 is 5.32 Å². The van der Waals surface area contributed by atoms with Gasteiger partial charge in [-0.3, -0.25) is 4.98 Å². The minimum atomic E-state index is 0.591. The fourth-order valence-electron chi connectivity index (χ4n) is 3.52. The molecule has 0 fully saturated rings. The van der Waals surface area contributed by atoms with E-state index in [1.165, 1.54) is 47.1 Å². The van der Waals surface area contributed by atoms with E-state index < -0.39 is 0 Å². The van der Waals surface area contributed by atoms with Crippen LogP contribution in [-0.2, 0) is 12.8 Å². The van der Waals surface area contributed by atoms with Crippen LogP contribution in [-0.4, -0.2) is 11.0 Å². The predicted octanol–water partition coefficient (Wildman–Crippen LogP) is 5.21. The number of anilines is 1. The Morgan fingerprint density at radius 1 is 1.09 bits per heavy atom. The maximum Gasteiger partial charge on any atom is 0.0939 e. The molecule has 1 aliphatic rings. The molecule has 1 aromatic heterocycles. The second-order valence-electron chi connectivity index (χ2n) is 7.58. The number of hydrogen-bond acceptors (Lipinski definition) is 2. The fourth-order valence-corrected chi connectivity index (χ4v) is 3.52. The van der Waals surface area contributed by atoms with Crippen LogP contribution < -0.4 is 5.32 Å². The first-order valence-corrected chi connectivity index (χ1v) is 8.71. The van der Waals surface area contributed by atoms with Crippen molar-refractivity contribution in [2.75, 3.05) is 5.32 Å². The second kappa shape index (κ2) is 6.28.